The normalized spacial score (nSPS) is 28.3. The van der Waals surface area contributed by atoms with Gasteiger partial charge in [-0.2, -0.15) is 10.2 Å². The first-order chi connectivity index (χ1) is 10.7. The number of carbonyl (C=O) groups excluding carboxylic acids is 2. The van der Waals surface area contributed by atoms with Crippen molar-refractivity contribution in [2.45, 2.75) is 52.4 Å². The highest BCUT2D eigenvalue weighted by molar-refractivity contribution is 6.06. The second-order valence-corrected chi connectivity index (χ2v) is 5.58. The van der Waals surface area contributed by atoms with Gasteiger partial charge in [-0.25, -0.2) is 0 Å². The van der Waals surface area contributed by atoms with Gasteiger partial charge < -0.3 is 9.47 Å². The lowest BCUT2D eigenvalue weighted by Crippen LogP contribution is -2.23. The third kappa shape index (κ3) is 3.93. The van der Waals surface area contributed by atoms with Gasteiger partial charge in [0.2, 0.25) is 0 Å². The molecule has 2 atom stereocenters. The van der Waals surface area contributed by atoms with E-state index in [0.717, 1.165) is 49.9 Å². The Hall–Kier alpha value is -1.72. The van der Waals surface area contributed by atoms with Crippen molar-refractivity contribution in [1.29, 1.82) is 0 Å². The fourth-order valence-corrected chi connectivity index (χ4v) is 3.02. The smallest absolute Gasteiger partial charge is 0.314 e. The van der Waals surface area contributed by atoms with Crippen molar-refractivity contribution in [2.24, 2.45) is 22.0 Å². The average Bonchev–Trinajstić information content (AvgIpc) is 3.14. The van der Waals surface area contributed by atoms with Gasteiger partial charge in [-0.1, -0.05) is 0 Å². The van der Waals surface area contributed by atoms with Gasteiger partial charge in [0.1, 0.15) is 0 Å². The van der Waals surface area contributed by atoms with Gasteiger partial charge in [-0.15, -0.1) is 0 Å². The van der Waals surface area contributed by atoms with Crippen LogP contribution in [0.15, 0.2) is 10.2 Å². The Bertz CT molecular complexity index is 441. The third-order valence-corrected chi connectivity index (χ3v) is 4.11. The second kappa shape index (κ2) is 8.06. The van der Waals surface area contributed by atoms with E-state index < -0.39 is 0 Å². The predicted octanol–water partition coefficient (Wildman–Crippen LogP) is 2.51. The number of carbonyl (C=O) groups is 2. The Kier molecular flexibility index (Phi) is 6.10. The summed E-state index contributed by atoms with van der Waals surface area (Å²) < 4.78 is 10.2. The number of esters is 2. The van der Waals surface area contributed by atoms with Crippen molar-refractivity contribution >= 4 is 23.4 Å². The molecule has 0 aromatic heterocycles. The third-order valence-electron chi connectivity index (χ3n) is 4.11. The van der Waals surface area contributed by atoms with Crippen molar-refractivity contribution in [2.75, 3.05) is 13.2 Å². The zero-order valence-corrected chi connectivity index (χ0v) is 13.3. The van der Waals surface area contributed by atoms with Crippen molar-refractivity contribution in [3.8, 4) is 0 Å². The number of ether oxygens (including phenoxy) is 2. The Labute approximate surface area is 131 Å². The minimum Gasteiger partial charge on any atom is -0.465 e. The lowest BCUT2D eigenvalue weighted by atomic mass is 10.1. The van der Waals surface area contributed by atoms with Crippen molar-refractivity contribution < 1.29 is 19.1 Å². The Morgan fingerprint density at radius 2 is 1.32 bits per heavy atom. The van der Waals surface area contributed by atoms with E-state index in [1.807, 2.05) is 0 Å². The highest BCUT2D eigenvalue weighted by Crippen LogP contribution is 2.27. The molecule has 0 heterocycles. The van der Waals surface area contributed by atoms with Crippen LogP contribution in [-0.2, 0) is 19.1 Å². The molecule has 2 saturated carbocycles. The minimum absolute atomic E-state index is 0.215. The molecule has 0 aliphatic heterocycles. The fraction of sp³-hybridized carbons (Fsp3) is 0.750. The number of hydrogen-bond acceptors (Lipinski definition) is 6. The largest absolute Gasteiger partial charge is 0.465 e. The first kappa shape index (κ1) is 16.6. The maximum atomic E-state index is 11.9. The van der Waals surface area contributed by atoms with Gasteiger partial charge in [0.05, 0.1) is 36.5 Å². The van der Waals surface area contributed by atoms with Gasteiger partial charge >= 0.3 is 11.9 Å². The maximum Gasteiger partial charge on any atom is 0.314 e. The van der Waals surface area contributed by atoms with E-state index in [2.05, 4.69) is 10.2 Å². The molecule has 0 aromatic rings. The second-order valence-electron chi connectivity index (χ2n) is 5.58. The summed E-state index contributed by atoms with van der Waals surface area (Å²) in [5.74, 6) is -0.974. The van der Waals surface area contributed by atoms with Gasteiger partial charge in [-0.3, -0.25) is 9.59 Å². The van der Waals surface area contributed by atoms with E-state index >= 15 is 0 Å². The summed E-state index contributed by atoms with van der Waals surface area (Å²) in [6.45, 7) is 4.35. The van der Waals surface area contributed by atoms with Crippen molar-refractivity contribution in [1.82, 2.24) is 0 Å². The summed E-state index contributed by atoms with van der Waals surface area (Å²) in [4.78, 5) is 23.8. The number of nitrogens with zero attached hydrogens (tertiary/aromatic N) is 2. The van der Waals surface area contributed by atoms with Crippen LogP contribution in [0.3, 0.4) is 0 Å². The Balaban J connectivity index is 2.07. The van der Waals surface area contributed by atoms with Gasteiger partial charge in [0.15, 0.2) is 0 Å². The molecule has 2 aliphatic rings. The van der Waals surface area contributed by atoms with E-state index in [1.165, 1.54) is 0 Å². The molecular formula is C16H24N2O4. The van der Waals surface area contributed by atoms with Gasteiger partial charge in [-0.05, 0) is 52.4 Å². The molecule has 6 heteroatoms. The summed E-state index contributed by atoms with van der Waals surface area (Å²) in [5.41, 5.74) is 1.56. The summed E-state index contributed by atoms with van der Waals surface area (Å²) >= 11 is 0. The van der Waals surface area contributed by atoms with E-state index in [1.54, 1.807) is 13.8 Å². The molecule has 0 bridgehead atoms. The molecular weight excluding hydrogens is 284 g/mol. The van der Waals surface area contributed by atoms with E-state index in [0.29, 0.717) is 13.2 Å². The summed E-state index contributed by atoms with van der Waals surface area (Å²) in [6.07, 6.45) is 4.92. The maximum absolute atomic E-state index is 11.9. The van der Waals surface area contributed by atoms with E-state index in [9.17, 15) is 9.59 Å². The molecule has 6 nitrogen and oxygen atoms in total. The van der Waals surface area contributed by atoms with Crippen LogP contribution in [0.5, 0.6) is 0 Å². The molecule has 2 fully saturated rings. The van der Waals surface area contributed by atoms with Gasteiger partial charge in [0.25, 0.3) is 0 Å². The SMILES string of the molecule is CCOC(=O)C1CCCC1=N/N=C1\CCCC1C(=O)OCC. The van der Waals surface area contributed by atoms with E-state index in [-0.39, 0.29) is 23.8 Å². The van der Waals surface area contributed by atoms with Crippen LogP contribution in [0.25, 0.3) is 0 Å². The van der Waals surface area contributed by atoms with Gasteiger partial charge in [0, 0.05) is 0 Å². The topological polar surface area (TPSA) is 77.3 Å². The molecule has 0 N–H and O–H groups in total. The first-order valence-electron chi connectivity index (χ1n) is 8.13. The fourth-order valence-electron chi connectivity index (χ4n) is 3.02. The average molecular weight is 308 g/mol. The lowest BCUT2D eigenvalue weighted by molar-refractivity contribution is -0.146. The number of hydrogen-bond donors (Lipinski definition) is 0. The van der Waals surface area contributed by atoms with Crippen LogP contribution in [-0.4, -0.2) is 36.6 Å². The van der Waals surface area contributed by atoms with E-state index in [4.69, 9.17) is 9.47 Å². The quantitative estimate of drug-likeness (QED) is 0.577. The Morgan fingerprint density at radius 3 is 1.68 bits per heavy atom. The van der Waals surface area contributed by atoms with Crippen LogP contribution in [0, 0.1) is 11.8 Å². The summed E-state index contributed by atoms with van der Waals surface area (Å²) in [6, 6.07) is 0. The molecule has 2 rings (SSSR count). The standard InChI is InChI=1S/C16H24N2O4/c1-3-21-15(19)11-7-5-9-13(11)17-18-14-10-6-8-12(14)16(20)22-4-2/h11-12H,3-10H2,1-2H3/b17-13+,18-14?. The highest BCUT2D eigenvalue weighted by atomic mass is 16.5. The van der Waals surface area contributed by atoms with Crippen LogP contribution in [0.4, 0.5) is 0 Å². The highest BCUT2D eigenvalue weighted by Gasteiger charge is 2.32. The Morgan fingerprint density at radius 1 is 0.909 bits per heavy atom. The zero-order valence-electron chi connectivity index (χ0n) is 13.3. The molecule has 0 radical (unpaired) electrons. The molecule has 2 aliphatic carbocycles. The molecule has 0 amide bonds. The first-order valence-corrected chi connectivity index (χ1v) is 8.13. The number of rotatable bonds is 5. The van der Waals surface area contributed by atoms with Crippen molar-refractivity contribution in [3.05, 3.63) is 0 Å². The van der Waals surface area contributed by atoms with Crippen molar-refractivity contribution in [3.63, 3.8) is 0 Å². The van der Waals surface area contributed by atoms with Crippen LogP contribution < -0.4 is 0 Å². The molecule has 0 spiro atoms. The zero-order chi connectivity index (χ0) is 15.9. The predicted molar refractivity (Wildman–Crippen MR) is 82.8 cm³/mol. The molecule has 22 heavy (non-hydrogen) atoms. The van der Waals surface area contributed by atoms with Crippen LogP contribution in [0.2, 0.25) is 0 Å². The van der Waals surface area contributed by atoms with Crippen LogP contribution in [0.1, 0.15) is 52.4 Å². The molecule has 0 aromatic carbocycles. The van der Waals surface area contributed by atoms with Crippen LogP contribution >= 0.6 is 0 Å². The molecule has 2 unspecified atom stereocenters. The lowest BCUT2D eigenvalue weighted by Gasteiger charge is -2.10. The summed E-state index contributed by atoms with van der Waals surface area (Å²) in [7, 11) is 0. The minimum atomic E-state index is -0.272. The monoisotopic (exact) mass is 308 g/mol. The molecule has 0 saturated heterocycles. The molecule has 122 valence electrons. The summed E-state index contributed by atoms with van der Waals surface area (Å²) in [5, 5.41) is 8.56.